The lowest BCUT2D eigenvalue weighted by Crippen LogP contribution is -2.45. The second-order valence-electron chi connectivity index (χ2n) is 8.23. The van der Waals surface area contributed by atoms with Gasteiger partial charge in [-0.05, 0) is 64.9 Å². The minimum atomic E-state index is -0.872. The summed E-state index contributed by atoms with van der Waals surface area (Å²) in [5.74, 6) is 0.490. The number of carbonyl (C=O) groups is 1. The van der Waals surface area contributed by atoms with Crippen LogP contribution in [0.15, 0.2) is 90.0 Å². The Balaban J connectivity index is 1.43. The van der Waals surface area contributed by atoms with Crippen molar-refractivity contribution < 1.29 is 9.53 Å². The van der Waals surface area contributed by atoms with Gasteiger partial charge in [0.05, 0.1) is 11.8 Å². The van der Waals surface area contributed by atoms with Crippen molar-refractivity contribution in [2.24, 2.45) is 5.10 Å². The maximum Gasteiger partial charge on any atom is 0.251 e. The van der Waals surface area contributed by atoms with E-state index in [0.29, 0.717) is 27.8 Å². The predicted molar refractivity (Wildman–Crippen MR) is 131 cm³/mol. The van der Waals surface area contributed by atoms with Crippen LogP contribution in [0.1, 0.15) is 33.9 Å². The number of halogens is 2. The Kier molecular flexibility index (Phi) is 4.86. The van der Waals surface area contributed by atoms with Crippen LogP contribution >= 0.6 is 23.2 Å². The highest BCUT2D eigenvalue weighted by molar-refractivity contribution is 6.31. The normalized spacial score (nSPS) is 19.0. The van der Waals surface area contributed by atoms with Crippen molar-refractivity contribution in [1.82, 2.24) is 5.01 Å². The first-order valence-electron chi connectivity index (χ1n) is 10.7. The molecule has 4 nitrogen and oxygen atoms in total. The van der Waals surface area contributed by atoms with Crippen molar-refractivity contribution in [2.75, 3.05) is 0 Å². The molecular formula is C27H18Cl2N2O2. The first-order valence-corrected chi connectivity index (χ1v) is 11.4. The second kappa shape index (κ2) is 7.91. The molecule has 6 rings (SSSR count). The number of hydrazone groups is 1. The van der Waals surface area contributed by atoms with E-state index in [2.05, 4.69) is 30.3 Å². The summed E-state index contributed by atoms with van der Waals surface area (Å²) in [6.07, 6.45) is -0.220. The third kappa shape index (κ3) is 3.56. The number of carbonyl (C=O) groups excluding carboxylic acids is 1. The molecule has 6 heteroatoms. The standard InChI is InChI=1S/C27H18Cl2N2O2/c28-20-9-7-17(8-10-20)26(32)27-31-24(22-14-21(29)11-12-25(22)33-27)15-23(30-31)19-6-5-16-3-1-2-4-18(16)13-19/h1-14,24,27H,15H2. The third-order valence-corrected chi connectivity index (χ3v) is 6.67. The van der Waals surface area contributed by atoms with Crippen LogP contribution in [0.25, 0.3) is 10.8 Å². The number of ketones is 1. The Morgan fingerprint density at radius 3 is 2.45 bits per heavy atom. The molecule has 0 spiro atoms. The summed E-state index contributed by atoms with van der Waals surface area (Å²) in [5.41, 5.74) is 3.40. The van der Waals surface area contributed by atoms with E-state index in [1.807, 2.05) is 24.3 Å². The van der Waals surface area contributed by atoms with Crippen molar-refractivity contribution in [3.05, 3.63) is 112 Å². The number of hydrogen-bond acceptors (Lipinski definition) is 4. The molecule has 2 heterocycles. The van der Waals surface area contributed by atoms with Gasteiger partial charge in [-0.1, -0.05) is 59.6 Å². The van der Waals surface area contributed by atoms with Gasteiger partial charge in [-0.15, -0.1) is 0 Å². The molecule has 0 amide bonds. The van der Waals surface area contributed by atoms with Crippen LogP contribution in [0.3, 0.4) is 0 Å². The summed E-state index contributed by atoms with van der Waals surface area (Å²) in [5, 5.41) is 10.2. The second-order valence-corrected chi connectivity index (χ2v) is 9.10. The molecule has 0 saturated carbocycles. The smallest absolute Gasteiger partial charge is 0.251 e. The van der Waals surface area contributed by atoms with Gasteiger partial charge in [-0.25, -0.2) is 5.01 Å². The lowest BCUT2D eigenvalue weighted by atomic mass is 9.95. The van der Waals surface area contributed by atoms with Gasteiger partial charge in [0, 0.05) is 27.6 Å². The fourth-order valence-electron chi connectivity index (χ4n) is 4.53. The number of ether oxygens (including phenoxy) is 1. The summed E-state index contributed by atoms with van der Waals surface area (Å²) >= 11 is 12.3. The first-order chi connectivity index (χ1) is 16.1. The number of hydrogen-bond donors (Lipinski definition) is 0. The van der Waals surface area contributed by atoms with Crippen LogP contribution in [-0.2, 0) is 0 Å². The molecule has 4 aromatic rings. The third-order valence-electron chi connectivity index (χ3n) is 6.19. The fraction of sp³-hybridized carbons (Fsp3) is 0.111. The summed E-state index contributed by atoms with van der Waals surface area (Å²) in [7, 11) is 0. The van der Waals surface area contributed by atoms with Crippen molar-refractivity contribution in [3.63, 3.8) is 0 Å². The average Bonchev–Trinajstić information content (AvgIpc) is 3.29. The molecule has 0 fully saturated rings. The zero-order valence-electron chi connectivity index (χ0n) is 17.4. The molecule has 162 valence electrons. The lowest BCUT2D eigenvalue weighted by molar-refractivity contribution is -0.00455. The Morgan fingerprint density at radius 2 is 1.64 bits per heavy atom. The monoisotopic (exact) mass is 472 g/mol. The van der Waals surface area contributed by atoms with E-state index >= 15 is 0 Å². The Hall–Kier alpha value is -3.34. The molecule has 4 aromatic carbocycles. The van der Waals surface area contributed by atoms with Crippen LogP contribution in [-0.4, -0.2) is 22.7 Å². The highest BCUT2D eigenvalue weighted by Crippen LogP contribution is 2.44. The van der Waals surface area contributed by atoms with E-state index in [0.717, 1.165) is 22.2 Å². The highest BCUT2D eigenvalue weighted by Gasteiger charge is 2.43. The van der Waals surface area contributed by atoms with E-state index in [4.69, 9.17) is 33.0 Å². The first kappa shape index (κ1) is 20.3. The van der Waals surface area contributed by atoms with Crippen LogP contribution in [0, 0.1) is 0 Å². The minimum Gasteiger partial charge on any atom is -0.461 e. The summed E-state index contributed by atoms with van der Waals surface area (Å²) in [4.78, 5) is 13.4. The van der Waals surface area contributed by atoms with Gasteiger partial charge in [0.2, 0.25) is 5.78 Å². The SMILES string of the molecule is O=C(c1ccc(Cl)cc1)C1Oc2ccc(Cl)cc2C2CC(c3ccc4ccccc4c3)=NN12. The number of fused-ring (bicyclic) bond motifs is 4. The molecule has 2 unspecified atom stereocenters. The number of Topliss-reactive ketones (excluding diaryl/α,β-unsaturated/α-hetero) is 1. The molecule has 2 aliphatic rings. The molecule has 0 bridgehead atoms. The quantitative estimate of drug-likeness (QED) is 0.304. The van der Waals surface area contributed by atoms with Gasteiger partial charge >= 0.3 is 0 Å². The van der Waals surface area contributed by atoms with Gasteiger partial charge in [0.15, 0.2) is 0 Å². The van der Waals surface area contributed by atoms with Crippen molar-refractivity contribution in [3.8, 4) is 5.75 Å². The number of rotatable bonds is 3. The predicted octanol–water partition coefficient (Wildman–Crippen LogP) is 6.90. The molecule has 0 radical (unpaired) electrons. The van der Waals surface area contributed by atoms with Gasteiger partial charge in [-0.3, -0.25) is 4.79 Å². The average molecular weight is 473 g/mol. The Morgan fingerprint density at radius 1 is 0.879 bits per heavy atom. The van der Waals surface area contributed by atoms with E-state index in [1.54, 1.807) is 35.3 Å². The van der Waals surface area contributed by atoms with E-state index < -0.39 is 6.23 Å². The largest absolute Gasteiger partial charge is 0.461 e. The van der Waals surface area contributed by atoms with Gasteiger partial charge in [0.25, 0.3) is 6.23 Å². The maximum atomic E-state index is 13.4. The van der Waals surface area contributed by atoms with Gasteiger partial charge in [0.1, 0.15) is 5.75 Å². The van der Waals surface area contributed by atoms with Crippen LogP contribution in [0.5, 0.6) is 5.75 Å². The molecule has 0 N–H and O–H groups in total. The zero-order chi connectivity index (χ0) is 22.5. The zero-order valence-corrected chi connectivity index (χ0v) is 18.9. The Labute approximate surface area is 201 Å². The van der Waals surface area contributed by atoms with E-state index in [-0.39, 0.29) is 11.8 Å². The molecule has 33 heavy (non-hydrogen) atoms. The topological polar surface area (TPSA) is 41.9 Å². The van der Waals surface area contributed by atoms with Crippen LogP contribution in [0.4, 0.5) is 0 Å². The van der Waals surface area contributed by atoms with Gasteiger partial charge < -0.3 is 4.74 Å². The fourth-order valence-corrected chi connectivity index (χ4v) is 4.84. The molecular weight excluding hydrogens is 455 g/mol. The minimum absolute atomic E-state index is 0.143. The highest BCUT2D eigenvalue weighted by atomic mass is 35.5. The van der Waals surface area contributed by atoms with Crippen molar-refractivity contribution in [1.29, 1.82) is 0 Å². The summed E-state index contributed by atoms with van der Waals surface area (Å²) in [6, 6.07) is 26.7. The molecule has 0 aliphatic carbocycles. The van der Waals surface area contributed by atoms with Crippen molar-refractivity contribution in [2.45, 2.75) is 18.7 Å². The molecule has 0 aromatic heterocycles. The van der Waals surface area contributed by atoms with E-state index in [1.165, 1.54) is 5.39 Å². The lowest BCUT2D eigenvalue weighted by Gasteiger charge is -2.37. The van der Waals surface area contributed by atoms with Crippen LogP contribution in [0.2, 0.25) is 10.0 Å². The number of benzene rings is 4. The van der Waals surface area contributed by atoms with Crippen molar-refractivity contribution >= 4 is 45.5 Å². The summed E-state index contributed by atoms with van der Waals surface area (Å²) < 4.78 is 6.18. The molecule has 2 aliphatic heterocycles. The van der Waals surface area contributed by atoms with Crippen LogP contribution < -0.4 is 4.74 Å². The molecule has 2 atom stereocenters. The maximum absolute atomic E-state index is 13.4. The molecule has 0 saturated heterocycles. The summed E-state index contributed by atoms with van der Waals surface area (Å²) in [6.45, 7) is 0. The van der Waals surface area contributed by atoms with E-state index in [9.17, 15) is 4.79 Å². The van der Waals surface area contributed by atoms with Gasteiger partial charge in [-0.2, -0.15) is 5.10 Å². The Bertz CT molecular complexity index is 1430. The number of nitrogens with zero attached hydrogens (tertiary/aromatic N) is 2.